The van der Waals surface area contributed by atoms with Gasteiger partial charge in [-0.05, 0) is 50.2 Å². The van der Waals surface area contributed by atoms with E-state index in [2.05, 4.69) is 9.88 Å². The Labute approximate surface area is 155 Å². The van der Waals surface area contributed by atoms with Crippen LogP contribution in [0, 0.1) is 0 Å². The molecule has 2 aromatic rings. The van der Waals surface area contributed by atoms with E-state index in [0.29, 0.717) is 24.4 Å². The van der Waals surface area contributed by atoms with Gasteiger partial charge < -0.3 is 4.90 Å². The largest absolute Gasteiger partial charge is 0.417 e. The molecule has 7 heteroatoms. The summed E-state index contributed by atoms with van der Waals surface area (Å²) in [6.45, 7) is 1.17. The van der Waals surface area contributed by atoms with Gasteiger partial charge in [-0.1, -0.05) is 0 Å². The van der Waals surface area contributed by atoms with Crippen LogP contribution in [-0.2, 0) is 32.0 Å². The number of rotatable bonds is 2. The molecular weight excluding hydrogens is 353 g/mol. The molecule has 27 heavy (non-hydrogen) atoms. The minimum absolute atomic E-state index is 0.430. The van der Waals surface area contributed by atoms with Crippen LogP contribution >= 0.6 is 0 Å². The summed E-state index contributed by atoms with van der Waals surface area (Å²) in [7, 11) is 0. The first-order valence-electron chi connectivity index (χ1n) is 9.68. The average Bonchev–Trinajstić information content (AvgIpc) is 3.51. The Morgan fingerprint density at radius 3 is 2.59 bits per heavy atom. The lowest BCUT2D eigenvalue weighted by molar-refractivity contribution is -0.137. The van der Waals surface area contributed by atoms with E-state index in [1.807, 2.05) is 0 Å². The Kier molecular flexibility index (Phi) is 3.88. The molecule has 0 unspecified atom stereocenters. The number of nitrogens with zero attached hydrogens (tertiary/aromatic N) is 4. The van der Waals surface area contributed by atoms with Crippen molar-refractivity contribution in [2.75, 3.05) is 11.4 Å². The topological polar surface area (TPSA) is 41.9 Å². The molecule has 2 aliphatic carbocycles. The summed E-state index contributed by atoms with van der Waals surface area (Å²) in [5.41, 5.74) is 3.11. The van der Waals surface area contributed by atoms with Crippen molar-refractivity contribution in [3.05, 3.63) is 46.2 Å². The van der Waals surface area contributed by atoms with E-state index in [4.69, 9.17) is 9.97 Å². The summed E-state index contributed by atoms with van der Waals surface area (Å²) in [4.78, 5) is 15.9. The van der Waals surface area contributed by atoms with Crippen molar-refractivity contribution in [2.24, 2.45) is 0 Å². The fourth-order valence-corrected chi connectivity index (χ4v) is 4.14. The zero-order chi connectivity index (χ0) is 18.6. The molecule has 0 amide bonds. The number of aromatic nitrogens is 3. The van der Waals surface area contributed by atoms with Crippen molar-refractivity contribution in [3.8, 4) is 0 Å². The zero-order valence-electron chi connectivity index (χ0n) is 15.0. The zero-order valence-corrected chi connectivity index (χ0v) is 15.0. The van der Waals surface area contributed by atoms with Gasteiger partial charge in [-0.15, -0.1) is 0 Å². The summed E-state index contributed by atoms with van der Waals surface area (Å²) >= 11 is 0. The molecule has 4 nitrogen and oxygen atoms in total. The summed E-state index contributed by atoms with van der Waals surface area (Å²) < 4.78 is 39.2. The van der Waals surface area contributed by atoms with Gasteiger partial charge in [0.25, 0.3) is 0 Å². The molecule has 3 aliphatic rings. The van der Waals surface area contributed by atoms with E-state index in [1.54, 1.807) is 0 Å². The van der Waals surface area contributed by atoms with E-state index in [1.165, 1.54) is 11.6 Å². The van der Waals surface area contributed by atoms with Gasteiger partial charge in [0, 0.05) is 48.6 Å². The van der Waals surface area contributed by atoms with Crippen molar-refractivity contribution >= 4 is 5.82 Å². The summed E-state index contributed by atoms with van der Waals surface area (Å²) in [6.07, 6.45) is 3.72. The molecule has 2 aromatic heterocycles. The summed E-state index contributed by atoms with van der Waals surface area (Å²) in [5, 5.41) is 0. The van der Waals surface area contributed by atoms with Crippen LogP contribution in [-0.4, -0.2) is 21.5 Å². The van der Waals surface area contributed by atoms with Crippen LogP contribution in [0.5, 0.6) is 0 Å². The Hall–Kier alpha value is -2.18. The first kappa shape index (κ1) is 17.0. The Bertz CT molecular complexity index is 890. The molecule has 142 valence electrons. The van der Waals surface area contributed by atoms with E-state index in [9.17, 15) is 13.2 Å². The number of fused-ring (bicyclic) bond motifs is 2. The van der Waals surface area contributed by atoms with Crippen LogP contribution in [0.3, 0.4) is 0 Å². The van der Waals surface area contributed by atoms with Gasteiger partial charge in [0.2, 0.25) is 0 Å². The van der Waals surface area contributed by atoms with Crippen LogP contribution in [0.15, 0.2) is 12.3 Å². The molecule has 1 aliphatic heterocycles. The monoisotopic (exact) mass is 374 g/mol. The first-order chi connectivity index (χ1) is 13.0. The minimum atomic E-state index is -4.36. The van der Waals surface area contributed by atoms with E-state index < -0.39 is 11.7 Å². The highest BCUT2D eigenvalue weighted by Gasteiger charge is 2.34. The van der Waals surface area contributed by atoms with Gasteiger partial charge >= 0.3 is 6.18 Å². The van der Waals surface area contributed by atoms with Gasteiger partial charge in [0.05, 0.1) is 5.56 Å². The van der Waals surface area contributed by atoms with Crippen LogP contribution < -0.4 is 4.90 Å². The Balaban J connectivity index is 1.52. The van der Waals surface area contributed by atoms with Crippen molar-refractivity contribution in [2.45, 2.75) is 63.6 Å². The van der Waals surface area contributed by atoms with Crippen LogP contribution in [0.1, 0.15) is 65.5 Å². The van der Waals surface area contributed by atoms with Crippen molar-refractivity contribution in [1.82, 2.24) is 15.0 Å². The van der Waals surface area contributed by atoms with Crippen molar-refractivity contribution in [1.29, 1.82) is 0 Å². The van der Waals surface area contributed by atoms with Crippen LogP contribution in [0.4, 0.5) is 19.0 Å². The maximum absolute atomic E-state index is 13.1. The van der Waals surface area contributed by atoms with Crippen molar-refractivity contribution < 1.29 is 13.2 Å². The molecule has 1 saturated carbocycles. The second-order valence-electron chi connectivity index (χ2n) is 7.81. The molecule has 0 N–H and O–H groups in total. The average molecular weight is 374 g/mol. The molecule has 0 radical (unpaired) electrons. The number of alkyl halides is 3. The summed E-state index contributed by atoms with van der Waals surface area (Å²) in [6, 6.07) is 1.25. The number of aryl methyl sites for hydroxylation is 1. The lowest BCUT2D eigenvalue weighted by Gasteiger charge is -2.32. The Morgan fingerprint density at radius 2 is 1.81 bits per heavy atom. The van der Waals surface area contributed by atoms with Gasteiger partial charge in [-0.3, -0.25) is 4.98 Å². The molecule has 3 heterocycles. The number of hydrogen-bond donors (Lipinski definition) is 0. The van der Waals surface area contributed by atoms with Gasteiger partial charge in [0.1, 0.15) is 11.6 Å². The molecule has 0 atom stereocenters. The second-order valence-corrected chi connectivity index (χ2v) is 7.81. The highest BCUT2D eigenvalue weighted by Crippen LogP contribution is 2.41. The van der Waals surface area contributed by atoms with E-state index in [-0.39, 0.29) is 0 Å². The van der Waals surface area contributed by atoms with Crippen LogP contribution in [0.25, 0.3) is 0 Å². The summed E-state index contributed by atoms with van der Waals surface area (Å²) in [5.74, 6) is 2.34. The van der Waals surface area contributed by atoms with Gasteiger partial charge in [-0.2, -0.15) is 13.2 Å². The molecule has 0 aromatic carbocycles. The van der Waals surface area contributed by atoms with Gasteiger partial charge in [0.15, 0.2) is 0 Å². The number of hydrogen-bond acceptors (Lipinski definition) is 4. The number of pyridine rings is 1. The number of halogens is 3. The predicted octanol–water partition coefficient (Wildman–Crippen LogP) is 4.21. The predicted molar refractivity (Wildman–Crippen MR) is 94.6 cm³/mol. The third-order valence-electron chi connectivity index (χ3n) is 5.79. The minimum Gasteiger partial charge on any atom is -0.351 e. The lowest BCUT2D eigenvalue weighted by atomic mass is 9.95. The first-order valence-corrected chi connectivity index (χ1v) is 9.68. The lowest BCUT2D eigenvalue weighted by Crippen LogP contribution is -2.34. The third kappa shape index (κ3) is 3.17. The molecule has 5 rings (SSSR count). The quantitative estimate of drug-likeness (QED) is 0.790. The third-order valence-corrected chi connectivity index (χ3v) is 5.79. The molecule has 0 spiro atoms. The number of anilines is 1. The maximum Gasteiger partial charge on any atom is 0.417 e. The molecule has 0 bridgehead atoms. The normalized spacial score (nSPS) is 19.6. The standard InChI is InChI=1S/C20H21F3N4/c21-20(22,23)14-9-13-11-27(8-7-16(13)24-10-14)19-15-3-1-2-4-17(15)25-18(26-19)12-5-6-12/h9-10,12H,1-8,11H2. The van der Waals surface area contributed by atoms with Crippen molar-refractivity contribution in [3.63, 3.8) is 0 Å². The molecule has 0 saturated heterocycles. The van der Waals surface area contributed by atoms with E-state index >= 15 is 0 Å². The highest BCUT2D eigenvalue weighted by molar-refractivity contribution is 5.53. The van der Waals surface area contributed by atoms with E-state index in [0.717, 1.165) is 74.3 Å². The SMILES string of the molecule is FC(F)(F)c1cnc2c(c1)CN(c1nc(C3CC3)nc3c1CCCC3)CC2. The van der Waals surface area contributed by atoms with Crippen LogP contribution in [0.2, 0.25) is 0 Å². The second kappa shape index (κ2) is 6.17. The molecule has 1 fully saturated rings. The molecular formula is C20H21F3N4. The fraction of sp³-hybridized carbons (Fsp3) is 0.550. The fourth-order valence-electron chi connectivity index (χ4n) is 4.14. The Morgan fingerprint density at radius 1 is 1.00 bits per heavy atom. The van der Waals surface area contributed by atoms with Gasteiger partial charge in [-0.25, -0.2) is 9.97 Å². The maximum atomic E-state index is 13.1. The highest BCUT2D eigenvalue weighted by atomic mass is 19.4. The smallest absolute Gasteiger partial charge is 0.351 e.